The Hall–Kier alpha value is -1.14. The van der Waals surface area contributed by atoms with Gasteiger partial charge in [0.15, 0.2) is 0 Å². The number of benzene rings is 2. The first-order valence-electron chi connectivity index (χ1n) is 7.04. The van der Waals surface area contributed by atoms with E-state index in [1.54, 1.807) is 24.3 Å². The predicted molar refractivity (Wildman–Crippen MR) is 102 cm³/mol. The van der Waals surface area contributed by atoms with Gasteiger partial charge in [0.1, 0.15) is 0 Å². The van der Waals surface area contributed by atoms with E-state index in [-0.39, 0.29) is 0 Å². The van der Waals surface area contributed by atoms with Gasteiger partial charge >= 0.3 is 0 Å². The zero-order chi connectivity index (χ0) is 16.8. The van der Waals surface area contributed by atoms with Crippen LogP contribution in [0.15, 0.2) is 40.9 Å². The number of nitrogens with zero attached hydrogens (tertiary/aromatic N) is 1. The highest BCUT2D eigenvalue weighted by molar-refractivity contribution is 9.10. The lowest BCUT2D eigenvalue weighted by Gasteiger charge is -2.29. The van der Waals surface area contributed by atoms with Crippen LogP contribution in [0.2, 0.25) is 10.0 Å². The number of nitrogen functional groups attached to an aromatic ring is 2. The molecule has 124 valence electrons. The minimum absolute atomic E-state index is 0.655. The van der Waals surface area contributed by atoms with Gasteiger partial charge in [-0.2, -0.15) is 0 Å². The Balaban J connectivity index is 0.000000185. The molecule has 4 N–H and O–H groups in total. The second-order valence-corrected chi connectivity index (χ2v) is 6.83. The van der Waals surface area contributed by atoms with Gasteiger partial charge in [-0.3, -0.25) is 0 Å². The molecule has 2 aromatic carbocycles. The number of halogens is 3. The smallest absolute Gasteiger partial charge is 0.0642 e. The average Bonchev–Trinajstić information content (AvgIpc) is 2.46. The fourth-order valence-electron chi connectivity index (χ4n) is 2.18. The summed E-state index contributed by atoms with van der Waals surface area (Å²) in [5.41, 5.74) is 13.6. The first-order chi connectivity index (χ1) is 10.9. The van der Waals surface area contributed by atoms with Gasteiger partial charge in [-0.1, -0.05) is 39.1 Å². The van der Waals surface area contributed by atoms with Gasteiger partial charge in [0.05, 0.1) is 13.2 Å². The van der Waals surface area contributed by atoms with E-state index in [4.69, 9.17) is 39.4 Å². The summed E-state index contributed by atoms with van der Waals surface area (Å²) in [4.78, 5) is 2.23. The SMILES string of the molecule is Nc1cc(Cl)cc(Br)c1.Nc1cc(Cl)cc(N2CCOCC2)c1. The second-order valence-electron chi connectivity index (χ2n) is 5.04. The molecule has 23 heavy (non-hydrogen) atoms. The first kappa shape index (κ1) is 18.2. The first-order valence-corrected chi connectivity index (χ1v) is 8.59. The van der Waals surface area contributed by atoms with E-state index in [9.17, 15) is 0 Å². The van der Waals surface area contributed by atoms with Crippen molar-refractivity contribution in [2.45, 2.75) is 0 Å². The van der Waals surface area contributed by atoms with E-state index < -0.39 is 0 Å². The summed E-state index contributed by atoms with van der Waals surface area (Å²) in [7, 11) is 0. The number of rotatable bonds is 1. The van der Waals surface area contributed by atoms with Crippen LogP contribution < -0.4 is 16.4 Å². The van der Waals surface area contributed by atoms with Gasteiger partial charge < -0.3 is 21.1 Å². The molecule has 0 radical (unpaired) electrons. The third kappa shape index (κ3) is 6.11. The Bertz CT molecular complexity index is 593. The van der Waals surface area contributed by atoms with Gasteiger partial charge in [0.2, 0.25) is 0 Å². The maximum atomic E-state index is 5.93. The van der Waals surface area contributed by atoms with E-state index in [2.05, 4.69) is 20.8 Å². The largest absolute Gasteiger partial charge is 0.399 e. The molecule has 7 heteroatoms. The summed E-state index contributed by atoms with van der Waals surface area (Å²) in [6.45, 7) is 3.35. The van der Waals surface area contributed by atoms with Gasteiger partial charge in [-0.15, -0.1) is 0 Å². The number of hydrogen-bond donors (Lipinski definition) is 2. The zero-order valence-electron chi connectivity index (χ0n) is 12.4. The lowest BCUT2D eigenvalue weighted by molar-refractivity contribution is 0.122. The molecular weight excluding hydrogens is 401 g/mol. The minimum Gasteiger partial charge on any atom is -0.399 e. The molecule has 0 unspecified atom stereocenters. The molecule has 1 heterocycles. The molecule has 1 fully saturated rings. The van der Waals surface area contributed by atoms with Crippen LogP contribution in [0.4, 0.5) is 17.1 Å². The monoisotopic (exact) mass is 417 g/mol. The highest BCUT2D eigenvalue weighted by atomic mass is 79.9. The number of morpholine rings is 1. The van der Waals surface area contributed by atoms with Gasteiger partial charge in [-0.25, -0.2) is 0 Å². The number of nitrogens with two attached hydrogens (primary N) is 2. The van der Waals surface area contributed by atoms with Gasteiger partial charge in [0, 0.05) is 44.7 Å². The molecule has 1 aliphatic heterocycles. The van der Waals surface area contributed by atoms with E-state index in [1.165, 1.54) is 0 Å². The molecule has 1 saturated heterocycles. The molecule has 1 aliphatic rings. The Kier molecular flexibility index (Phi) is 6.84. The standard InChI is InChI=1S/C10H13ClN2O.C6H5BrClN/c11-8-5-9(12)7-10(6-8)13-1-3-14-4-2-13;7-4-1-5(8)3-6(9)2-4/h5-7H,1-4,12H2;1-3H,9H2. The fraction of sp³-hybridized carbons (Fsp3) is 0.250. The lowest BCUT2D eigenvalue weighted by atomic mass is 10.2. The van der Waals surface area contributed by atoms with E-state index >= 15 is 0 Å². The van der Waals surface area contributed by atoms with Crippen LogP contribution in [-0.4, -0.2) is 26.3 Å². The maximum Gasteiger partial charge on any atom is 0.0642 e. The van der Waals surface area contributed by atoms with E-state index in [0.717, 1.165) is 36.5 Å². The van der Waals surface area contributed by atoms with Crippen molar-refractivity contribution in [3.05, 3.63) is 50.9 Å². The van der Waals surface area contributed by atoms with Crippen molar-refractivity contribution in [1.82, 2.24) is 0 Å². The molecular formula is C16H18BrCl2N3O. The summed E-state index contributed by atoms with van der Waals surface area (Å²) in [6.07, 6.45) is 0. The van der Waals surface area contributed by atoms with Crippen molar-refractivity contribution >= 4 is 56.2 Å². The third-order valence-electron chi connectivity index (χ3n) is 3.17. The highest BCUT2D eigenvalue weighted by Gasteiger charge is 2.11. The molecule has 0 atom stereocenters. The predicted octanol–water partition coefficient (Wildman–Crippen LogP) is 4.44. The molecule has 4 nitrogen and oxygen atoms in total. The molecule has 0 saturated carbocycles. The topological polar surface area (TPSA) is 64.5 Å². The van der Waals surface area contributed by atoms with Crippen LogP contribution in [0.1, 0.15) is 0 Å². The number of ether oxygens (including phenoxy) is 1. The van der Waals surface area contributed by atoms with Crippen molar-refractivity contribution in [1.29, 1.82) is 0 Å². The molecule has 0 amide bonds. The normalized spacial score (nSPS) is 14.1. The summed E-state index contributed by atoms with van der Waals surface area (Å²) < 4.78 is 6.19. The third-order valence-corrected chi connectivity index (χ3v) is 4.06. The van der Waals surface area contributed by atoms with Crippen molar-refractivity contribution in [3.63, 3.8) is 0 Å². The minimum atomic E-state index is 0.655. The summed E-state index contributed by atoms with van der Waals surface area (Å²) in [6, 6.07) is 10.9. The van der Waals surface area contributed by atoms with Gasteiger partial charge in [0.25, 0.3) is 0 Å². The molecule has 0 spiro atoms. The van der Waals surface area contributed by atoms with Crippen molar-refractivity contribution in [3.8, 4) is 0 Å². The maximum absolute atomic E-state index is 5.93. The summed E-state index contributed by atoms with van der Waals surface area (Å²) >= 11 is 14.8. The number of hydrogen-bond acceptors (Lipinski definition) is 4. The quantitative estimate of drug-likeness (QED) is 0.671. The summed E-state index contributed by atoms with van der Waals surface area (Å²) in [5.74, 6) is 0. The van der Waals surface area contributed by atoms with Gasteiger partial charge in [-0.05, 0) is 36.4 Å². The molecule has 0 aromatic heterocycles. The van der Waals surface area contributed by atoms with Crippen LogP contribution >= 0.6 is 39.1 Å². The fourth-order valence-corrected chi connectivity index (χ4v) is 3.30. The average molecular weight is 419 g/mol. The van der Waals surface area contributed by atoms with Crippen LogP contribution in [0, 0.1) is 0 Å². The van der Waals surface area contributed by atoms with Crippen LogP contribution in [-0.2, 0) is 4.74 Å². The van der Waals surface area contributed by atoms with Crippen LogP contribution in [0.25, 0.3) is 0 Å². The molecule has 3 rings (SSSR count). The Morgan fingerprint density at radius 1 is 0.870 bits per heavy atom. The zero-order valence-corrected chi connectivity index (χ0v) is 15.5. The highest BCUT2D eigenvalue weighted by Crippen LogP contribution is 2.24. The Morgan fingerprint density at radius 3 is 1.96 bits per heavy atom. The van der Waals surface area contributed by atoms with E-state index in [1.807, 2.05) is 12.1 Å². The number of anilines is 3. The van der Waals surface area contributed by atoms with Crippen LogP contribution in [0.3, 0.4) is 0 Å². The summed E-state index contributed by atoms with van der Waals surface area (Å²) in [5, 5.41) is 1.34. The van der Waals surface area contributed by atoms with Crippen molar-refractivity contribution in [2.75, 3.05) is 42.7 Å². The molecule has 0 bridgehead atoms. The lowest BCUT2D eigenvalue weighted by Crippen LogP contribution is -2.36. The molecule has 2 aromatic rings. The van der Waals surface area contributed by atoms with Crippen molar-refractivity contribution < 1.29 is 4.74 Å². The molecule has 0 aliphatic carbocycles. The van der Waals surface area contributed by atoms with E-state index in [0.29, 0.717) is 21.4 Å². The Labute approximate surface area is 154 Å². The van der Waals surface area contributed by atoms with Crippen molar-refractivity contribution in [2.24, 2.45) is 0 Å². The second kappa shape index (κ2) is 8.64. The van der Waals surface area contributed by atoms with Crippen LogP contribution in [0.5, 0.6) is 0 Å². The Morgan fingerprint density at radius 2 is 1.43 bits per heavy atom.